The minimum absolute atomic E-state index is 0.225. The summed E-state index contributed by atoms with van der Waals surface area (Å²) in [5.41, 5.74) is 1.59. The zero-order chi connectivity index (χ0) is 15.9. The van der Waals surface area contributed by atoms with Crippen molar-refractivity contribution in [1.29, 1.82) is 0 Å². The summed E-state index contributed by atoms with van der Waals surface area (Å²) in [5, 5.41) is 8.81. The van der Waals surface area contributed by atoms with E-state index in [-0.39, 0.29) is 11.6 Å². The number of rotatable bonds is 7. The van der Waals surface area contributed by atoms with Crippen LogP contribution in [0.2, 0.25) is 0 Å². The molecule has 0 saturated heterocycles. The summed E-state index contributed by atoms with van der Waals surface area (Å²) in [5.74, 6) is 0. The first-order valence-electron chi connectivity index (χ1n) is 7.34. The molecule has 3 N–H and O–H groups in total. The van der Waals surface area contributed by atoms with Crippen molar-refractivity contribution in [3.63, 3.8) is 0 Å². The average molecular weight is 293 g/mol. The van der Waals surface area contributed by atoms with Crippen LogP contribution in [0.25, 0.3) is 0 Å². The largest absolute Gasteiger partial charge is 0.374 e. The van der Waals surface area contributed by atoms with E-state index < -0.39 is 0 Å². The molecule has 118 valence electrons. The highest BCUT2D eigenvalue weighted by molar-refractivity contribution is 5.89. The number of urea groups is 1. The average Bonchev–Trinajstić information content (AvgIpc) is 2.45. The van der Waals surface area contributed by atoms with Crippen LogP contribution in [-0.4, -0.2) is 31.8 Å². The minimum atomic E-state index is -0.363. The van der Waals surface area contributed by atoms with E-state index in [1.165, 1.54) is 5.56 Å². The van der Waals surface area contributed by atoms with Crippen LogP contribution in [0.1, 0.15) is 39.3 Å². The van der Waals surface area contributed by atoms with Crippen molar-refractivity contribution >= 4 is 11.7 Å². The summed E-state index contributed by atoms with van der Waals surface area (Å²) < 4.78 is 5.53. The Kier molecular flexibility index (Phi) is 6.65. The number of carbonyl (C=O) groups is 1. The number of ether oxygens (including phenoxy) is 1. The van der Waals surface area contributed by atoms with E-state index in [4.69, 9.17) is 4.74 Å². The maximum atomic E-state index is 11.8. The fraction of sp³-hybridized carbons (Fsp3) is 0.562. The van der Waals surface area contributed by atoms with Gasteiger partial charge in [-0.3, -0.25) is 0 Å². The molecule has 0 aliphatic carbocycles. The number of hydrogen-bond donors (Lipinski definition) is 3. The van der Waals surface area contributed by atoms with Gasteiger partial charge in [0.2, 0.25) is 0 Å². The van der Waals surface area contributed by atoms with Crippen LogP contribution in [-0.2, 0) is 4.74 Å². The van der Waals surface area contributed by atoms with Gasteiger partial charge in [0.25, 0.3) is 0 Å². The lowest BCUT2D eigenvalue weighted by atomic mass is 10.1. The number of hydrogen-bond acceptors (Lipinski definition) is 3. The van der Waals surface area contributed by atoms with Gasteiger partial charge in [0.05, 0.1) is 5.60 Å². The monoisotopic (exact) mass is 293 g/mol. The Morgan fingerprint density at radius 1 is 1.29 bits per heavy atom. The van der Waals surface area contributed by atoms with Gasteiger partial charge >= 0.3 is 6.03 Å². The first kappa shape index (κ1) is 17.5. The van der Waals surface area contributed by atoms with Gasteiger partial charge in [-0.05, 0) is 52.4 Å². The molecular formula is C16H27N3O2. The van der Waals surface area contributed by atoms with Gasteiger partial charge in [0, 0.05) is 24.9 Å². The fourth-order valence-electron chi connectivity index (χ4n) is 1.93. The second-order valence-corrected chi connectivity index (χ2v) is 5.63. The van der Waals surface area contributed by atoms with Crippen molar-refractivity contribution in [3.8, 4) is 0 Å². The Morgan fingerprint density at radius 3 is 2.43 bits per heavy atom. The maximum absolute atomic E-state index is 11.8. The van der Waals surface area contributed by atoms with E-state index in [0.29, 0.717) is 19.2 Å². The lowest BCUT2D eigenvalue weighted by molar-refractivity contribution is -0.00662. The molecule has 1 atom stereocenters. The van der Waals surface area contributed by atoms with Crippen LogP contribution in [0.3, 0.4) is 0 Å². The molecular weight excluding hydrogens is 266 g/mol. The topological polar surface area (TPSA) is 62.4 Å². The van der Waals surface area contributed by atoms with E-state index in [9.17, 15) is 4.79 Å². The molecule has 0 saturated carbocycles. The predicted octanol–water partition coefficient (Wildman–Crippen LogP) is 2.90. The van der Waals surface area contributed by atoms with Gasteiger partial charge in [0.15, 0.2) is 0 Å². The molecule has 1 unspecified atom stereocenters. The molecule has 1 rings (SSSR count). The lowest BCUT2D eigenvalue weighted by Gasteiger charge is -2.24. The van der Waals surface area contributed by atoms with Crippen LogP contribution in [0.4, 0.5) is 10.5 Å². The molecule has 5 nitrogen and oxygen atoms in total. The van der Waals surface area contributed by atoms with E-state index in [2.05, 4.69) is 22.9 Å². The molecule has 0 heterocycles. The molecule has 0 fully saturated rings. The third-order valence-corrected chi connectivity index (χ3v) is 3.31. The highest BCUT2D eigenvalue weighted by Crippen LogP contribution is 2.15. The molecule has 2 amide bonds. The third-order valence-electron chi connectivity index (χ3n) is 3.31. The molecule has 0 aliphatic heterocycles. The smallest absolute Gasteiger partial charge is 0.319 e. The summed E-state index contributed by atoms with van der Waals surface area (Å²) in [4.78, 5) is 11.8. The first-order chi connectivity index (χ1) is 9.88. The van der Waals surface area contributed by atoms with Gasteiger partial charge in [-0.2, -0.15) is 0 Å². The Hall–Kier alpha value is -1.59. The van der Waals surface area contributed by atoms with Gasteiger partial charge < -0.3 is 20.7 Å². The number of anilines is 1. The number of carbonyl (C=O) groups excluding carboxylic acids is 1. The van der Waals surface area contributed by atoms with Crippen LogP contribution in [0.15, 0.2) is 24.3 Å². The summed E-state index contributed by atoms with van der Waals surface area (Å²) in [6.45, 7) is 9.01. The molecule has 0 aromatic heterocycles. The Morgan fingerprint density at radius 2 is 1.90 bits per heavy atom. The van der Waals surface area contributed by atoms with Crippen molar-refractivity contribution in [2.45, 2.75) is 39.3 Å². The van der Waals surface area contributed by atoms with E-state index in [1.54, 1.807) is 0 Å². The second-order valence-electron chi connectivity index (χ2n) is 5.63. The number of benzene rings is 1. The fourth-order valence-corrected chi connectivity index (χ4v) is 1.93. The van der Waals surface area contributed by atoms with Crippen molar-refractivity contribution in [3.05, 3.63) is 29.8 Å². The lowest BCUT2D eigenvalue weighted by Crippen LogP contribution is -2.42. The zero-order valence-electron chi connectivity index (χ0n) is 13.6. The second kappa shape index (κ2) is 8.00. The van der Waals surface area contributed by atoms with Crippen LogP contribution >= 0.6 is 0 Å². The van der Waals surface area contributed by atoms with Crippen molar-refractivity contribution in [2.24, 2.45) is 0 Å². The normalized spacial score (nSPS) is 12.8. The Labute approximate surface area is 127 Å². The molecule has 1 aromatic rings. The molecule has 0 aliphatic rings. The Bertz CT molecular complexity index is 443. The first-order valence-corrected chi connectivity index (χ1v) is 7.34. The van der Waals surface area contributed by atoms with Gasteiger partial charge in [-0.15, -0.1) is 0 Å². The summed E-state index contributed by atoms with van der Waals surface area (Å²) in [6.07, 6.45) is 0. The highest BCUT2D eigenvalue weighted by atomic mass is 16.5. The number of amides is 2. The molecule has 1 aromatic carbocycles. The van der Waals surface area contributed by atoms with E-state index in [1.807, 2.05) is 52.1 Å². The molecule has 0 spiro atoms. The third kappa shape index (κ3) is 6.14. The van der Waals surface area contributed by atoms with Gasteiger partial charge in [-0.1, -0.05) is 12.1 Å². The van der Waals surface area contributed by atoms with Crippen LogP contribution in [0, 0.1) is 0 Å². The molecule has 0 radical (unpaired) electrons. The predicted molar refractivity (Wildman–Crippen MR) is 86.6 cm³/mol. The van der Waals surface area contributed by atoms with Crippen LogP contribution < -0.4 is 16.0 Å². The molecule has 21 heavy (non-hydrogen) atoms. The maximum Gasteiger partial charge on any atom is 0.319 e. The zero-order valence-corrected chi connectivity index (χ0v) is 13.6. The standard InChI is InChI=1S/C16H27N3O2/c1-6-21-16(3,4)11-18-15(20)19-14-9-7-13(8-10-14)12(2)17-5/h7-10,12,17H,6,11H2,1-5H3,(H2,18,19,20). The Balaban J connectivity index is 2.48. The number of nitrogens with one attached hydrogen (secondary N) is 3. The van der Waals surface area contributed by atoms with Gasteiger partial charge in [0.1, 0.15) is 0 Å². The van der Waals surface area contributed by atoms with Gasteiger partial charge in [-0.25, -0.2) is 4.79 Å². The minimum Gasteiger partial charge on any atom is -0.374 e. The molecule has 5 heteroatoms. The van der Waals surface area contributed by atoms with E-state index in [0.717, 1.165) is 5.69 Å². The quantitative estimate of drug-likeness (QED) is 0.724. The highest BCUT2D eigenvalue weighted by Gasteiger charge is 2.18. The van der Waals surface area contributed by atoms with Crippen molar-refractivity contribution in [1.82, 2.24) is 10.6 Å². The van der Waals surface area contributed by atoms with E-state index >= 15 is 0 Å². The van der Waals surface area contributed by atoms with Crippen molar-refractivity contribution < 1.29 is 9.53 Å². The molecule has 0 bridgehead atoms. The van der Waals surface area contributed by atoms with Crippen molar-refractivity contribution in [2.75, 3.05) is 25.5 Å². The summed E-state index contributed by atoms with van der Waals surface area (Å²) >= 11 is 0. The summed E-state index contributed by atoms with van der Waals surface area (Å²) in [7, 11) is 1.92. The SMILES string of the molecule is CCOC(C)(C)CNC(=O)Nc1ccc(C(C)NC)cc1. The van der Waals surface area contributed by atoms with Crippen LogP contribution in [0.5, 0.6) is 0 Å². The summed E-state index contributed by atoms with van der Waals surface area (Å²) in [6, 6.07) is 7.87.